The molecule has 1 aromatic carbocycles. The van der Waals surface area contributed by atoms with Crippen LogP contribution in [0, 0.1) is 5.82 Å². The first-order valence-electron chi connectivity index (χ1n) is 6.06. The smallest absolute Gasteiger partial charge is 0.125 e. The molecule has 1 aromatic rings. The van der Waals surface area contributed by atoms with E-state index in [1.54, 1.807) is 6.07 Å². The molecule has 0 saturated carbocycles. The van der Waals surface area contributed by atoms with Crippen molar-refractivity contribution in [2.24, 2.45) is 0 Å². The molecule has 2 rings (SSSR count). The first kappa shape index (κ1) is 12.3. The number of hydrogen-bond donors (Lipinski definition) is 1. The minimum Gasteiger partial charge on any atom is -0.398 e. The van der Waals surface area contributed by atoms with Crippen molar-refractivity contribution in [3.05, 3.63) is 29.6 Å². The summed E-state index contributed by atoms with van der Waals surface area (Å²) < 4.78 is 18.4. The molecular weight excluding hydrogens is 219 g/mol. The summed E-state index contributed by atoms with van der Waals surface area (Å²) in [7, 11) is 0. The Hall–Kier alpha value is -1.13. The van der Waals surface area contributed by atoms with Crippen molar-refractivity contribution in [1.82, 2.24) is 4.90 Å². The monoisotopic (exact) mass is 238 g/mol. The van der Waals surface area contributed by atoms with Crippen molar-refractivity contribution in [3.8, 4) is 0 Å². The van der Waals surface area contributed by atoms with E-state index in [1.807, 2.05) is 0 Å². The fourth-order valence-electron chi connectivity index (χ4n) is 2.20. The Labute approximate surface area is 101 Å². The van der Waals surface area contributed by atoms with Gasteiger partial charge in [-0.2, -0.15) is 0 Å². The van der Waals surface area contributed by atoms with Crippen LogP contribution in [0.3, 0.4) is 0 Å². The maximum absolute atomic E-state index is 13.0. The number of nitrogens with zero attached hydrogens (tertiary/aromatic N) is 1. The molecule has 94 valence electrons. The van der Waals surface area contributed by atoms with Gasteiger partial charge in [-0.1, -0.05) is 13.0 Å². The lowest BCUT2D eigenvalue weighted by molar-refractivity contribution is -0.0126. The fraction of sp³-hybridized carbons (Fsp3) is 0.538. The number of nitrogens with two attached hydrogens (primary N) is 1. The Morgan fingerprint density at radius 3 is 3.06 bits per heavy atom. The first-order valence-corrected chi connectivity index (χ1v) is 6.06. The summed E-state index contributed by atoms with van der Waals surface area (Å²) in [6.07, 6.45) is 1.06. The molecule has 3 nitrogen and oxygen atoms in total. The summed E-state index contributed by atoms with van der Waals surface area (Å²) in [5.74, 6) is -0.278. The summed E-state index contributed by atoms with van der Waals surface area (Å²) in [6, 6.07) is 5.06. The predicted octanol–water partition coefficient (Wildman–Crippen LogP) is 2.02. The summed E-state index contributed by atoms with van der Waals surface area (Å²) in [5.41, 5.74) is 7.35. The minimum atomic E-state index is -0.278. The molecule has 0 aliphatic carbocycles. The van der Waals surface area contributed by atoms with Gasteiger partial charge in [0, 0.05) is 24.8 Å². The van der Waals surface area contributed by atoms with Gasteiger partial charge in [-0.3, -0.25) is 4.90 Å². The normalized spacial score (nSPS) is 21.6. The molecule has 1 atom stereocenters. The molecule has 1 saturated heterocycles. The maximum atomic E-state index is 13.0. The third kappa shape index (κ3) is 2.96. The summed E-state index contributed by atoms with van der Waals surface area (Å²) in [5, 5.41) is 0. The second-order valence-electron chi connectivity index (χ2n) is 4.45. The largest absolute Gasteiger partial charge is 0.398 e. The van der Waals surface area contributed by atoms with E-state index in [1.165, 1.54) is 12.1 Å². The van der Waals surface area contributed by atoms with E-state index >= 15 is 0 Å². The Morgan fingerprint density at radius 2 is 2.35 bits per heavy atom. The molecule has 1 heterocycles. The molecule has 1 fully saturated rings. The van der Waals surface area contributed by atoms with Crippen molar-refractivity contribution < 1.29 is 9.13 Å². The van der Waals surface area contributed by atoms with E-state index in [-0.39, 0.29) is 5.82 Å². The van der Waals surface area contributed by atoms with Gasteiger partial charge >= 0.3 is 0 Å². The van der Waals surface area contributed by atoms with Crippen LogP contribution in [0.1, 0.15) is 18.9 Å². The molecule has 1 aliphatic heterocycles. The fourth-order valence-corrected chi connectivity index (χ4v) is 2.20. The lowest BCUT2D eigenvalue weighted by Gasteiger charge is -2.35. The van der Waals surface area contributed by atoms with Crippen molar-refractivity contribution >= 4 is 5.69 Å². The summed E-state index contributed by atoms with van der Waals surface area (Å²) >= 11 is 0. The van der Waals surface area contributed by atoms with Gasteiger partial charge in [0.2, 0.25) is 0 Å². The van der Waals surface area contributed by atoms with Crippen LogP contribution in [0.25, 0.3) is 0 Å². The molecule has 1 aliphatic rings. The molecule has 0 spiro atoms. The van der Waals surface area contributed by atoms with Crippen LogP contribution in [0.5, 0.6) is 0 Å². The van der Waals surface area contributed by atoms with Crippen molar-refractivity contribution in [3.63, 3.8) is 0 Å². The molecule has 0 bridgehead atoms. The van der Waals surface area contributed by atoms with E-state index < -0.39 is 0 Å². The number of anilines is 1. The molecule has 2 N–H and O–H groups in total. The number of morpholine rings is 1. The lowest BCUT2D eigenvalue weighted by Crippen LogP contribution is -2.44. The van der Waals surface area contributed by atoms with E-state index in [4.69, 9.17) is 10.5 Å². The summed E-state index contributed by atoms with van der Waals surface area (Å²) in [6.45, 7) is 5.37. The lowest BCUT2D eigenvalue weighted by atomic mass is 10.1. The number of benzene rings is 1. The topological polar surface area (TPSA) is 38.5 Å². The second-order valence-corrected chi connectivity index (χ2v) is 4.45. The average molecular weight is 238 g/mol. The maximum Gasteiger partial charge on any atom is 0.125 e. The molecule has 17 heavy (non-hydrogen) atoms. The quantitative estimate of drug-likeness (QED) is 0.819. The van der Waals surface area contributed by atoms with E-state index in [0.717, 1.165) is 38.3 Å². The standard InChI is InChI=1S/C13H19FN2O/c1-2-12-9-17-6-5-16(12)8-10-3-4-11(14)7-13(10)15/h3-4,7,12H,2,5-6,8-9,15H2,1H3. The average Bonchev–Trinajstić information content (AvgIpc) is 2.33. The molecule has 0 radical (unpaired) electrons. The summed E-state index contributed by atoms with van der Waals surface area (Å²) in [4.78, 5) is 2.35. The Morgan fingerprint density at radius 1 is 1.53 bits per heavy atom. The SMILES string of the molecule is CCC1COCCN1Cc1ccc(F)cc1N. The Kier molecular flexibility index (Phi) is 3.97. The number of rotatable bonds is 3. The van der Waals surface area contributed by atoms with Gasteiger partial charge in [-0.15, -0.1) is 0 Å². The second kappa shape index (κ2) is 5.47. The van der Waals surface area contributed by atoms with Crippen LogP contribution in [0.2, 0.25) is 0 Å². The van der Waals surface area contributed by atoms with Gasteiger partial charge in [-0.05, 0) is 24.1 Å². The first-order chi connectivity index (χ1) is 8.20. The Bertz CT molecular complexity index is 384. The Balaban J connectivity index is 2.08. The van der Waals surface area contributed by atoms with E-state index in [0.29, 0.717) is 11.7 Å². The highest BCUT2D eigenvalue weighted by atomic mass is 19.1. The van der Waals surface area contributed by atoms with Crippen LogP contribution in [0.4, 0.5) is 10.1 Å². The zero-order valence-electron chi connectivity index (χ0n) is 10.2. The van der Waals surface area contributed by atoms with E-state index in [2.05, 4.69) is 11.8 Å². The van der Waals surface area contributed by atoms with Gasteiger partial charge < -0.3 is 10.5 Å². The van der Waals surface area contributed by atoms with Crippen molar-refractivity contribution in [2.45, 2.75) is 25.9 Å². The molecular formula is C13H19FN2O. The zero-order valence-corrected chi connectivity index (χ0v) is 10.2. The minimum absolute atomic E-state index is 0.278. The van der Waals surface area contributed by atoms with E-state index in [9.17, 15) is 4.39 Å². The highest BCUT2D eigenvalue weighted by Gasteiger charge is 2.21. The van der Waals surface area contributed by atoms with Crippen molar-refractivity contribution in [1.29, 1.82) is 0 Å². The van der Waals surface area contributed by atoms with Crippen LogP contribution < -0.4 is 5.73 Å². The molecule has 4 heteroatoms. The van der Waals surface area contributed by atoms with Gasteiger partial charge in [0.1, 0.15) is 5.82 Å². The third-order valence-electron chi connectivity index (χ3n) is 3.30. The third-order valence-corrected chi connectivity index (χ3v) is 3.30. The van der Waals surface area contributed by atoms with Gasteiger partial charge in [-0.25, -0.2) is 4.39 Å². The van der Waals surface area contributed by atoms with Gasteiger partial charge in [0.05, 0.1) is 13.2 Å². The number of hydrogen-bond acceptors (Lipinski definition) is 3. The highest BCUT2D eigenvalue weighted by Crippen LogP contribution is 2.19. The highest BCUT2D eigenvalue weighted by molar-refractivity contribution is 5.46. The number of halogens is 1. The molecule has 0 aromatic heterocycles. The van der Waals surface area contributed by atoms with Gasteiger partial charge in [0.25, 0.3) is 0 Å². The zero-order chi connectivity index (χ0) is 12.3. The molecule has 0 amide bonds. The van der Waals surface area contributed by atoms with Crippen LogP contribution in [-0.2, 0) is 11.3 Å². The number of nitrogen functional groups attached to an aromatic ring is 1. The van der Waals surface area contributed by atoms with Gasteiger partial charge in [0.15, 0.2) is 0 Å². The van der Waals surface area contributed by atoms with Crippen LogP contribution in [0.15, 0.2) is 18.2 Å². The molecule has 1 unspecified atom stereocenters. The van der Waals surface area contributed by atoms with Crippen LogP contribution >= 0.6 is 0 Å². The number of ether oxygens (including phenoxy) is 1. The van der Waals surface area contributed by atoms with Crippen LogP contribution in [-0.4, -0.2) is 30.7 Å². The van der Waals surface area contributed by atoms with Crippen molar-refractivity contribution in [2.75, 3.05) is 25.5 Å². The predicted molar refractivity (Wildman–Crippen MR) is 66.1 cm³/mol.